The maximum atomic E-state index is 14.2. The second-order valence-corrected chi connectivity index (χ2v) is 8.68. The molecule has 0 aliphatic carbocycles. The van der Waals surface area contributed by atoms with Gasteiger partial charge in [-0.2, -0.15) is 5.10 Å². The van der Waals surface area contributed by atoms with Crippen molar-refractivity contribution in [2.45, 2.75) is 46.1 Å². The number of halogens is 2. The van der Waals surface area contributed by atoms with Crippen molar-refractivity contribution >= 4 is 12.0 Å². The van der Waals surface area contributed by atoms with Crippen LogP contribution in [0.25, 0.3) is 0 Å². The highest BCUT2D eigenvalue weighted by Gasteiger charge is 2.45. The van der Waals surface area contributed by atoms with Crippen molar-refractivity contribution in [3.8, 4) is 5.75 Å². The minimum atomic E-state index is -0.476. The van der Waals surface area contributed by atoms with E-state index in [1.807, 2.05) is 43.3 Å². The van der Waals surface area contributed by atoms with Gasteiger partial charge in [-0.25, -0.2) is 8.78 Å². The number of hydrogen-bond donors (Lipinski definition) is 0. The van der Waals surface area contributed by atoms with Gasteiger partial charge in [-0.15, -0.1) is 0 Å². The molecule has 0 fully saturated rings. The van der Waals surface area contributed by atoms with E-state index >= 15 is 0 Å². The molecular formula is C30H36F2N2O2. The summed E-state index contributed by atoms with van der Waals surface area (Å²) in [6.07, 6.45) is 9.39. The highest BCUT2D eigenvalue weighted by atomic mass is 19.1. The monoisotopic (exact) mass is 494 g/mol. The number of allylic oxidation sites excluding steroid dienone is 5. The smallest absolute Gasteiger partial charge is 0.150 e. The second-order valence-electron chi connectivity index (χ2n) is 8.68. The van der Waals surface area contributed by atoms with Crippen LogP contribution in [0.1, 0.15) is 51.7 Å². The van der Waals surface area contributed by atoms with Gasteiger partial charge in [0.1, 0.15) is 23.7 Å². The summed E-state index contributed by atoms with van der Waals surface area (Å²) in [5, 5.41) is 6.62. The first-order valence-electron chi connectivity index (χ1n) is 12.1. The summed E-state index contributed by atoms with van der Waals surface area (Å²) < 4.78 is 33.7. The molecule has 0 amide bonds. The molecule has 2 aromatic rings. The molecule has 0 spiro atoms. The van der Waals surface area contributed by atoms with Gasteiger partial charge >= 0.3 is 0 Å². The number of fused-ring (bicyclic) bond motifs is 1. The number of hydrazone groups is 1. The van der Waals surface area contributed by atoms with E-state index < -0.39 is 11.6 Å². The Bertz CT molecular complexity index is 1130. The highest BCUT2D eigenvalue weighted by molar-refractivity contribution is 5.98. The number of carbonyl (C=O) groups is 1. The van der Waals surface area contributed by atoms with Crippen LogP contribution in [-0.4, -0.2) is 30.7 Å². The molecular weight excluding hydrogens is 458 g/mol. The molecule has 0 aromatic heterocycles. The van der Waals surface area contributed by atoms with Crippen LogP contribution in [0.15, 0.2) is 84.0 Å². The summed E-state index contributed by atoms with van der Waals surface area (Å²) in [5.74, 6) is 0.204. The predicted molar refractivity (Wildman–Crippen MR) is 143 cm³/mol. The fourth-order valence-corrected chi connectivity index (χ4v) is 4.41. The van der Waals surface area contributed by atoms with E-state index in [0.717, 1.165) is 42.6 Å². The second kappa shape index (κ2) is 13.5. The van der Waals surface area contributed by atoms with Crippen molar-refractivity contribution in [3.05, 3.63) is 102 Å². The fourth-order valence-electron chi connectivity index (χ4n) is 4.41. The third-order valence-electron chi connectivity index (χ3n) is 6.57. The summed E-state index contributed by atoms with van der Waals surface area (Å²) >= 11 is 0. The largest absolute Gasteiger partial charge is 0.493 e. The lowest BCUT2D eigenvalue weighted by Gasteiger charge is -2.48. The zero-order chi connectivity index (χ0) is 26.7. The average Bonchev–Trinajstić information content (AvgIpc) is 2.90. The van der Waals surface area contributed by atoms with Crippen LogP contribution >= 0.6 is 0 Å². The molecule has 0 saturated heterocycles. The first-order valence-corrected chi connectivity index (χ1v) is 12.1. The van der Waals surface area contributed by atoms with E-state index in [1.165, 1.54) is 12.1 Å². The summed E-state index contributed by atoms with van der Waals surface area (Å²) in [5.41, 5.74) is 1.95. The summed E-state index contributed by atoms with van der Waals surface area (Å²) in [4.78, 5) is 10.1. The quantitative estimate of drug-likeness (QED) is 0.128. The minimum absolute atomic E-state index is 0.182. The van der Waals surface area contributed by atoms with Crippen molar-refractivity contribution in [3.63, 3.8) is 0 Å². The van der Waals surface area contributed by atoms with Crippen LogP contribution in [0.2, 0.25) is 0 Å². The van der Waals surface area contributed by atoms with Gasteiger partial charge in [0.2, 0.25) is 0 Å². The van der Waals surface area contributed by atoms with E-state index in [-0.39, 0.29) is 11.1 Å². The highest BCUT2D eigenvalue weighted by Crippen LogP contribution is 2.47. The Morgan fingerprint density at radius 2 is 2.00 bits per heavy atom. The van der Waals surface area contributed by atoms with Crippen LogP contribution in [-0.2, 0) is 10.3 Å². The molecule has 1 aliphatic heterocycles. The minimum Gasteiger partial charge on any atom is -0.493 e. The first-order chi connectivity index (χ1) is 17.2. The van der Waals surface area contributed by atoms with E-state index in [4.69, 9.17) is 9.84 Å². The molecule has 36 heavy (non-hydrogen) atoms. The molecule has 2 aromatic carbocycles. The summed E-state index contributed by atoms with van der Waals surface area (Å²) in [7, 11) is 1.91. The molecule has 0 saturated carbocycles. The maximum Gasteiger partial charge on any atom is 0.150 e. The number of ether oxygens (including phenoxy) is 1. The topological polar surface area (TPSA) is 41.9 Å². The van der Waals surface area contributed by atoms with Crippen molar-refractivity contribution in [1.82, 2.24) is 5.01 Å². The molecule has 0 bridgehead atoms. The van der Waals surface area contributed by atoms with Crippen molar-refractivity contribution in [2.75, 3.05) is 13.7 Å². The van der Waals surface area contributed by atoms with Gasteiger partial charge in [0.25, 0.3) is 0 Å². The number of benzene rings is 2. The molecule has 2 unspecified atom stereocenters. The Kier molecular flexibility index (Phi) is 10.8. The number of para-hydroxylation sites is 1. The number of hydrogen-bond acceptors (Lipinski definition) is 4. The van der Waals surface area contributed by atoms with Gasteiger partial charge in [-0.05, 0) is 44.0 Å². The zero-order valence-corrected chi connectivity index (χ0v) is 21.8. The Balaban J connectivity index is 0.000000434. The Labute approximate surface area is 213 Å². The van der Waals surface area contributed by atoms with Crippen LogP contribution in [0, 0.1) is 17.6 Å². The molecule has 0 N–H and O–H groups in total. The predicted octanol–water partition coefficient (Wildman–Crippen LogP) is 7.22. The molecule has 4 nitrogen and oxygen atoms in total. The maximum absolute atomic E-state index is 14.2. The number of nitrogens with zero attached hydrogens (tertiary/aromatic N) is 2. The van der Waals surface area contributed by atoms with E-state index in [1.54, 1.807) is 19.1 Å². The molecule has 2 atom stereocenters. The van der Waals surface area contributed by atoms with Crippen LogP contribution in [0.4, 0.5) is 8.78 Å². The van der Waals surface area contributed by atoms with Gasteiger partial charge in [-0.3, -0.25) is 9.80 Å². The molecule has 0 radical (unpaired) electrons. The van der Waals surface area contributed by atoms with Gasteiger partial charge in [-0.1, -0.05) is 69.4 Å². The van der Waals surface area contributed by atoms with Gasteiger partial charge in [0, 0.05) is 30.2 Å². The third kappa shape index (κ3) is 6.56. The zero-order valence-electron chi connectivity index (χ0n) is 21.8. The average molecular weight is 495 g/mol. The number of carbonyl (C=O) groups excluding carboxylic acids is 1. The van der Waals surface area contributed by atoms with E-state index in [0.29, 0.717) is 23.8 Å². The molecule has 1 aliphatic rings. The normalized spacial score (nSPS) is 18.4. The Morgan fingerprint density at radius 3 is 2.64 bits per heavy atom. The van der Waals surface area contributed by atoms with Crippen molar-refractivity contribution in [2.24, 2.45) is 11.0 Å². The number of rotatable bonds is 8. The summed E-state index contributed by atoms with van der Waals surface area (Å²) in [6.45, 7) is 12.0. The first kappa shape index (κ1) is 28.7. The van der Waals surface area contributed by atoms with Crippen LogP contribution in [0.5, 0.6) is 5.75 Å². The summed E-state index contributed by atoms with van der Waals surface area (Å²) in [6, 6.07) is 11.5. The molecule has 6 heteroatoms. The third-order valence-corrected chi connectivity index (χ3v) is 6.57. The Morgan fingerprint density at radius 1 is 1.28 bits per heavy atom. The van der Waals surface area contributed by atoms with Gasteiger partial charge < -0.3 is 4.74 Å². The van der Waals surface area contributed by atoms with E-state index in [9.17, 15) is 13.6 Å². The van der Waals surface area contributed by atoms with E-state index in [2.05, 4.69) is 26.5 Å². The van der Waals surface area contributed by atoms with Crippen molar-refractivity contribution in [1.29, 1.82) is 0 Å². The lowest BCUT2D eigenvalue weighted by molar-refractivity contribution is -0.104. The van der Waals surface area contributed by atoms with Crippen LogP contribution in [0.3, 0.4) is 0 Å². The van der Waals surface area contributed by atoms with Crippen molar-refractivity contribution < 1.29 is 18.3 Å². The van der Waals surface area contributed by atoms with Crippen LogP contribution < -0.4 is 4.74 Å². The lowest BCUT2D eigenvalue weighted by atomic mass is 9.73. The molecule has 3 rings (SSSR count). The standard InChI is InChI=1S/C22H26F2N2O.C8H10O/c1-5-15(2)22(12-13-27-21-9-7-6-8-19(21)22)26(4)25-16(3)18-14-17(23)10-11-20(18)24;1-3-5-6-8(4-2)7-9/h6-11,14-15H,5,12-13H2,1-4H3;3-7H,2H2,1H3/b25-16+;5-3-,8-6+. The number of aldehydes is 1. The lowest BCUT2D eigenvalue weighted by Crippen LogP contribution is -2.49. The van der Waals surface area contributed by atoms with Gasteiger partial charge in [0.05, 0.1) is 17.9 Å². The molecule has 192 valence electrons. The van der Waals surface area contributed by atoms with Gasteiger partial charge in [0.15, 0.2) is 0 Å². The SMILES string of the molecule is C=C/C(C=O)=C\C=C/C.CCC(C)C1(N(C)/N=C(\C)c2cc(F)ccc2F)CCOc2ccccc21. The Hall–Kier alpha value is -3.54. The fraction of sp³-hybridized carbons (Fsp3) is 0.333. The molecule has 1 heterocycles.